The van der Waals surface area contributed by atoms with Gasteiger partial charge in [-0.1, -0.05) is 18.6 Å². The first-order chi connectivity index (χ1) is 11.2. The van der Waals surface area contributed by atoms with E-state index in [0.717, 1.165) is 11.8 Å². The van der Waals surface area contributed by atoms with Gasteiger partial charge >= 0.3 is 0 Å². The van der Waals surface area contributed by atoms with Crippen molar-refractivity contribution < 1.29 is 14.3 Å². The highest BCUT2D eigenvalue weighted by molar-refractivity contribution is 5.77. The zero-order valence-electron chi connectivity index (χ0n) is 14.1. The minimum Gasteiger partial charge on any atom is -0.490 e. The molecule has 4 nitrogen and oxygen atoms in total. The number of para-hydroxylation sites is 2. The standard InChI is InChI=1S/C19H27NO3/c1-3-22-17-6-4-5-7-18(17)23-12-19(21)20-13(2)16-11-14-8-9-15(16)10-14/h4-7,13-16H,3,8-12H2,1-2H3,(H,20,21)/t13-,14-,15-,16-/m0/s1. The van der Waals surface area contributed by atoms with Crippen molar-refractivity contribution in [3.05, 3.63) is 24.3 Å². The lowest BCUT2D eigenvalue weighted by Crippen LogP contribution is -2.42. The van der Waals surface area contributed by atoms with Gasteiger partial charge in [-0.15, -0.1) is 0 Å². The second kappa shape index (κ2) is 7.24. The summed E-state index contributed by atoms with van der Waals surface area (Å²) in [6.45, 7) is 4.68. The molecular weight excluding hydrogens is 290 g/mol. The van der Waals surface area contributed by atoms with E-state index < -0.39 is 0 Å². The smallest absolute Gasteiger partial charge is 0.258 e. The molecule has 0 saturated heterocycles. The van der Waals surface area contributed by atoms with Crippen LogP contribution in [-0.4, -0.2) is 25.2 Å². The summed E-state index contributed by atoms with van der Waals surface area (Å²) in [6.07, 6.45) is 5.37. The van der Waals surface area contributed by atoms with Crippen molar-refractivity contribution in [2.75, 3.05) is 13.2 Å². The Balaban J connectivity index is 1.48. The summed E-state index contributed by atoms with van der Waals surface area (Å²) >= 11 is 0. The zero-order valence-corrected chi connectivity index (χ0v) is 14.1. The number of hydrogen-bond donors (Lipinski definition) is 1. The van der Waals surface area contributed by atoms with Gasteiger partial charge in [-0.2, -0.15) is 0 Å². The van der Waals surface area contributed by atoms with Crippen LogP contribution in [0.25, 0.3) is 0 Å². The molecule has 2 aliphatic rings. The Labute approximate surface area is 138 Å². The summed E-state index contributed by atoms with van der Waals surface area (Å²) in [5.74, 6) is 3.62. The van der Waals surface area contributed by atoms with Crippen molar-refractivity contribution in [2.45, 2.75) is 45.6 Å². The fourth-order valence-electron chi connectivity index (χ4n) is 4.30. The predicted octanol–water partition coefficient (Wildman–Crippen LogP) is 3.41. The second-order valence-corrected chi connectivity index (χ2v) is 6.86. The number of fused-ring (bicyclic) bond motifs is 2. The van der Waals surface area contributed by atoms with Gasteiger partial charge in [-0.05, 0) is 63.0 Å². The first-order valence-corrected chi connectivity index (χ1v) is 8.81. The zero-order chi connectivity index (χ0) is 16.2. The molecule has 2 bridgehead atoms. The highest BCUT2D eigenvalue weighted by Gasteiger charge is 2.42. The second-order valence-electron chi connectivity index (χ2n) is 6.86. The van der Waals surface area contributed by atoms with Gasteiger partial charge in [-0.3, -0.25) is 4.79 Å². The lowest BCUT2D eigenvalue weighted by atomic mass is 9.84. The maximum absolute atomic E-state index is 12.2. The Morgan fingerprint density at radius 2 is 1.96 bits per heavy atom. The average Bonchev–Trinajstić information content (AvgIpc) is 3.17. The lowest BCUT2D eigenvalue weighted by molar-refractivity contribution is -0.124. The molecule has 0 radical (unpaired) electrons. The Hall–Kier alpha value is -1.71. The summed E-state index contributed by atoms with van der Waals surface area (Å²) in [4.78, 5) is 12.2. The number of nitrogens with one attached hydrogen (secondary N) is 1. The summed E-state index contributed by atoms with van der Waals surface area (Å²) in [5, 5.41) is 3.12. The Bertz CT molecular complexity index is 545. The van der Waals surface area contributed by atoms with Crippen LogP contribution in [0.2, 0.25) is 0 Å². The third-order valence-electron chi connectivity index (χ3n) is 5.33. The number of carbonyl (C=O) groups excluding carboxylic acids is 1. The van der Waals surface area contributed by atoms with E-state index in [1.165, 1.54) is 25.7 Å². The number of carbonyl (C=O) groups is 1. The molecule has 2 fully saturated rings. The summed E-state index contributed by atoms with van der Waals surface area (Å²) in [7, 11) is 0. The van der Waals surface area contributed by atoms with Crippen LogP contribution in [0.15, 0.2) is 24.3 Å². The molecule has 4 heteroatoms. The highest BCUT2D eigenvalue weighted by Crippen LogP contribution is 2.49. The molecule has 2 aliphatic carbocycles. The lowest BCUT2D eigenvalue weighted by Gasteiger charge is -2.28. The average molecular weight is 317 g/mol. The summed E-state index contributed by atoms with van der Waals surface area (Å²) in [6, 6.07) is 7.71. The third kappa shape index (κ3) is 3.80. The number of ether oxygens (including phenoxy) is 2. The van der Waals surface area contributed by atoms with E-state index in [0.29, 0.717) is 24.0 Å². The van der Waals surface area contributed by atoms with Crippen molar-refractivity contribution in [2.24, 2.45) is 17.8 Å². The Morgan fingerprint density at radius 1 is 1.22 bits per heavy atom. The first-order valence-electron chi connectivity index (χ1n) is 8.81. The molecule has 0 heterocycles. The molecule has 0 unspecified atom stereocenters. The van der Waals surface area contributed by atoms with Crippen LogP contribution in [0.5, 0.6) is 11.5 Å². The number of hydrogen-bond acceptors (Lipinski definition) is 3. The van der Waals surface area contributed by atoms with E-state index in [2.05, 4.69) is 12.2 Å². The molecule has 0 spiro atoms. The topological polar surface area (TPSA) is 47.6 Å². The Kier molecular flexibility index (Phi) is 5.09. The van der Waals surface area contributed by atoms with Crippen LogP contribution in [0, 0.1) is 17.8 Å². The molecule has 126 valence electrons. The van der Waals surface area contributed by atoms with Crippen LogP contribution in [-0.2, 0) is 4.79 Å². The molecule has 4 atom stereocenters. The van der Waals surface area contributed by atoms with E-state index >= 15 is 0 Å². The normalized spacial score (nSPS) is 26.8. The SMILES string of the molecule is CCOc1ccccc1OCC(=O)N[C@@H](C)[C@@H]1C[C@H]2CC[C@H]1C2. The molecule has 3 rings (SSSR count). The fourth-order valence-corrected chi connectivity index (χ4v) is 4.30. The van der Waals surface area contributed by atoms with Crippen molar-refractivity contribution in [1.29, 1.82) is 0 Å². The maximum atomic E-state index is 12.2. The molecule has 23 heavy (non-hydrogen) atoms. The summed E-state index contributed by atoms with van der Waals surface area (Å²) in [5.41, 5.74) is 0. The molecule has 2 saturated carbocycles. The summed E-state index contributed by atoms with van der Waals surface area (Å²) < 4.78 is 11.1. The monoisotopic (exact) mass is 317 g/mol. The Morgan fingerprint density at radius 3 is 2.57 bits per heavy atom. The number of amides is 1. The van der Waals surface area contributed by atoms with Crippen molar-refractivity contribution >= 4 is 5.91 Å². The molecule has 1 aromatic rings. The molecule has 1 amide bonds. The van der Waals surface area contributed by atoms with Crippen LogP contribution in [0.1, 0.15) is 39.5 Å². The van der Waals surface area contributed by atoms with Gasteiger partial charge in [0.05, 0.1) is 6.61 Å². The van der Waals surface area contributed by atoms with Gasteiger partial charge in [0.15, 0.2) is 18.1 Å². The minimum atomic E-state index is -0.0495. The molecule has 1 N–H and O–H groups in total. The van der Waals surface area contributed by atoms with E-state index in [9.17, 15) is 4.79 Å². The molecule has 0 aromatic heterocycles. The quantitative estimate of drug-likeness (QED) is 0.838. The van der Waals surface area contributed by atoms with Gasteiger partial charge < -0.3 is 14.8 Å². The highest BCUT2D eigenvalue weighted by atomic mass is 16.5. The van der Waals surface area contributed by atoms with E-state index in [-0.39, 0.29) is 18.6 Å². The van der Waals surface area contributed by atoms with Gasteiger partial charge in [0, 0.05) is 6.04 Å². The van der Waals surface area contributed by atoms with Crippen molar-refractivity contribution in [3.63, 3.8) is 0 Å². The van der Waals surface area contributed by atoms with Gasteiger partial charge in [0.25, 0.3) is 5.91 Å². The first kappa shape index (κ1) is 16.2. The fraction of sp³-hybridized carbons (Fsp3) is 0.632. The van der Waals surface area contributed by atoms with E-state index in [4.69, 9.17) is 9.47 Å². The maximum Gasteiger partial charge on any atom is 0.258 e. The van der Waals surface area contributed by atoms with Crippen molar-refractivity contribution in [3.8, 4) is 11.5 Å². The van der Waals surface area contributed by atoms with E-state index in [1.807, 2.05) is 31.2 Å². The van der Waals surface area contributed by atoms with Crippen LogP contribution in [0.3, 0.4) is 0 Å². The minimum absolute atomic E-state index is 0.0369. The van der Waals surface area contributed by atoms with Crippen molar-refractivity contribution in [1.82, 2.24) is 5.32 Å². The van der Waals surface area contributed by atoms with Crippen LogP contribution < -0.4 is 14.8 Å². The number of benzene rings is 1. The molecular formula is C19H27NO3. The van der Waals surface area contributed by atoms with Crippen LogP contribution in [0.4, 0.5) is 0 Å². The third-order valence-corrected chi connectivity index (χ3v) is 5.33. The van der Waals surface area contributed by atoms with Gasteiger partial charge in [0.1, 0.15) is 0 Å². The van der Waals surface area contributed by atoms with E-state index in [1.54, 1.807) is 0 Å². The molecule has 0 aliphatic heterocycles. The largest absolute Gasteiger partial charge is 0.490 e. The predicted molar refractivity (Wildman–Crippen MR) is 89.6 cm³/mol. The number of rotatable bonds is 7. The van der Waals surface area contributed by atoms with Gasteiger partial charge in [0.2, 0.25) is 0 Å². The van der Waals surface area contributed by atoms with Gasteiger partial charge in [-0.25, -0.2) is 0 Å². The van der Waals surface area contributed by atoms with Crippen LogP contribution >= 0.6 is 0 Å². The molecule has 1 aromatic carbocycles.